The minimum atomic E-state index is -4.11. The number of aliphatic hydroxyl groups is 2. The highest BCUT2D eigenvalue weighted by molar-refractivity contribution is 7.92. The van der Waals surface area contributed by atoms with Crippen molar-refractivity contribution in [1.82, 2.24) is 0 Å². The number of primary sulfonamides is 1. The summed E-state index contributed by atoms with van der Waals surface area (Å²) in [5.41, 5.74) is 0.0171. The number of nitrogens with two attached hydrogens (primary N) is 1. The van der Waals surface area contributed by atoms with E-state index >= 15 is 0 Å². The molecule has 2 aromatic rings. The summed E-state index contributed by atoms with van der Waals surface area (Å²) in [5.74, 6) is -0.254. The van der Waals surface area contributed by atoms with E-state index in [-0.39, 0.29) is 33.5 Å². The minimum Gasteiger partial charge on any atom is -0.506 e. The third-order valence-electron chi connectivity index (χ3n) is 3.43. The Kier molecular flexibility index (Phi) is 6.28. The number of phenols is 1. The molecule has 0 spiro atoms. The average Bonchev–Trinajstić information content (AvgIpc) is 2.59. The lowest BCUT2D eigenvalue weighted by Crippen LogP contribution is -2.23. The molecular weight excluding hydrogens is 398 g/mol. The lowest BCUT2D eigenvalue weighted by molar-refractivity contribution is 0.105. The molecule has 0 fully saturated rings. The van der Waals surface area contributed by atoms with Gasteiger partial charge in [-0.15, -0.1) is 0 Å². The summed E-state index contributed by atoms with van der Waals surface area (Å²) in [4.78, 5) is -0.476. The summed E-state index contributed by atoms with van der Waals surface area (Å²) in [6.45, 7) is -0.620. The number of rotatable bonds is 8. The fraction of sp³-hybridized carbons (Fsp3) is 0.200. The van der Waals surface area contributed by atoms with Gasteiger partial charge in [0.05, 0.1) is 33.9 Å². The standard InChI is InChI=1S/C15H19N3O7S2/c16-26(22,23)12-3-1-2-10(6-12)18-27(24,25)13-4-5-15(21)14(7-13)17-8-11(20)9-19/h1-7,11,17-21H,8-9H2,(H2,16,22,23). The summed E-state index contributed by atoms with van der Waals surface area (Å²) < 4.78 is 50.0. The van der Waals surface area contributed by atoms with Gasteiger partial charge in [0, 0.05) is 6.54 Å². The zero-order valence-corrected chi connectivity index (χ0v) is 15.5. The van der Waals surface area contributed by atoms with Gasteiger partial charge >= 0.3 is 0 Å². The van der Waals surface area contributed by atoms with Gasteiger partial charge in [-0.1, -0.05) is 6.07 Å². The highest BCUT2D eigenvalue weighted by Gasteiger charge is 2.18. The second kappa shape index (κ2) is 8.10. The molecule has 2 aromatic carbocycles. The van der Waals surface area contributed by atoms with Crippen molar-refractivity contribution in [3.05, 3.63) is 42.5 Å². The van der Waals surface area contributed by atoms with Crippen molar-refractivity contribution in [3.63, 3.8) is 0 Å². The molecular formula is C15H19N3O7S2. The third kappa shape index (κ3) is 5.55. The summed E-state index contributed by atoms with van der Waals surface area (Å²) in [7, 11) is -8.11. The first-order valence-corrected chi connectivity index (χ1v) is 10.6. The van der Waals surface area contributed by atoms with Crippen LogP contribution in [0.5, 0.6) is 5.75 Å². The Morgan fingerprint density at radius 1 is 1.04 bits per heavy atom. The lowest BCUT2D eigenvalue weighted by atomic mass is 10.2. The molecule has 2 rings (SSSR count). The molecule has 0 aromatic heterocycles. The highest BCUT2D eigenvalue weighted by Crippen LogP contribution is 2.27. The monoisotopic (exact) mass is 417 g/mol. The van der Waals surface area contributed by atoms with E-state index in [4.69, 9.17) is 10.2 Å². The number of anilines is 2. The molecule has 0 saturated heterocycles. The molecule has 7 N–H and O–H groups in total. The number of hydrogen-bond donors (Lipinski definition) is 6. The van der Waals surface area contributed by atoms with Gasteiger partial charge < -0.3 is 20.6 Å². The largest absolute Gasteiger partial charge is 0.506 e. The number of nitrogens with one attached hydrogen (secondary N) is 2. The normalized spacial score (nSPS) is 13.1. The number of benzene rings is 2. The van der Waals surface area contributed by atoms with Crippen LogP contribution in [0.15, 0.2) is 52.3 Å². The Balaban J connectivity index is 2.29. The number of aromatic hydroxyl groups is 1. The van der Waals surface area contributed by atoms with E-state index in [1.54, 1.807) is 0 Å². The fourth-order valence-corrected chi connectivity index (χ4v) is 3.70. The highest BCUT2D eigenvalue weighted by atomic mass is 32.2. The van der Waals surface area contributed by atoms with Crippen LogP contribution in [0.1, 0.15) is 0 Å². The van der Waals surface area contributed by atoms with E-state index in [1.165, 1.54) is 18.2 Å². The Bertz CT molecular complexity index is 1020. The molecule has 0 radical (unpaired) electrons. The van der Waals surface area contributed by atoms with Crippen LogP contribution in [0, 0.1) is 0 Å². The first-order valence-electron chi connectivity index (χ1n) is 7.54. The smallest absolute Gasteiger partial charge is 0.261 e. The molecule has 0 saturated carbocycles. The second-order valence-corrected chi connectivity index (χ2v) is 8.82. The van der Waals surface area contributed by atoms with Crippen LogP contribution in [-0.2, 0) is 20.0 Å². The van der Waals surface area contributed by atoms with Gasteiger partial charge in [-0.05, 0) is 36.4 Å². The van der Waals surface area contributed by atoms with Crippen molar-refractivity contribution in [2.45, 2.75) is 15.9 Å². The first kappa shape index (κ1) is 20.9. The molecule has 148 valence electrons. The molecule has 1 unspecified atom stereocenters. The third-order valence-corrected chi connectivity index (χ3v) is 5.72. The SMILES string of the molecule is NS(=O)(=O)c1cccc(NS(=O)(=O)c2ccc(O)c(NCC(O)CO)c2)c1. The van der Waals surface area contributed by atoms with Gasteiger partial charge in [-0.25, -0.2) is 22.0 Å². The van der Waals surface area contributed by atoms with Gasteiger partial charge in [0.1, 0.15) is 5.75 Å². The Labute approximate surface area is 156 Å². The van der Waals surface area contributed by atoms with E-state index in [0.29, 0.717) is 0 Å². The zero-order chi connectivity index (χ0) is 20.2. The lowest BCUT2D eigenvalue weighted by Gasteiger charge is -2.14. The molecule has 1 atom stereocenters. The predicted octanol–water partition coefficient (Wildman–Crippen LogP) is -0.395. The van der Waals surface area contributed by atoms with Crippen LogP contribution >= 0.6 is 0 Å². The van der Waals surface area contributed by atoms with E-state index in [1.807, 2.05) is 0 Å². The summed E-state index contributed by atoms with van der Waals surface area (Å²) in [5, 5.41) is 35.6. The quantitative estimate of drug-likeness (QED) is 0.314. The van der Waals surface area contributed by atoms with E-state index in [2.05, 4.69) is 10.0 Å². The number of hydrogen-bond acceptors (Lipinski definition) is 8. The Morgan fingerprint density at radius 3 is 2.37 bits per heavy atom. The van der Waals surface area contributed by atoms with Crippen LogP contribution in [-0.4, -0.2) is 51.4 Å². The molecule has 12 heteroatoms. The Morgan fingerprint density at radius 2 is 1.74 bits per heavy atom. The van der Waals surface area contributed by atoms with Gasteiger partial charge in [0.25, 0.3) is 10.0 Å². The van der Waals surface area contributed by atoms with E-state index in [0.717, 1.165) is 24.3 Å². The van der Waals surface area contributed by atoms with Crippen molar-refractivity contribution in [3.8, 4) is 5.75 Å². The van der Waals surface area contributed by atoms with Crippen LogP contribution in [0.2, 0.25) is 0 Å². The topological polar surface area (TPSA) is 179 Å². The molecule has 0 heterocycles. The maximum atomic E-state index is 12.5. The number of sulfonamides is 2. The van der Waals surface area contributed by atoms with Gasteiger partial charge in [-0.3, -0.25) is 4.72 Å². The summed E-state index contributed by atoms with van der Waals surface area (Å²) in [6, 6.07) is 8.40. The van der Waals surface area contributed by atoms with Crippen LogP contribution in [0.4, 0.5) is 11.4 Å². The fourth-order valence-electron chi connectivity index (χ4n) is 2.07. The summed E-state index contributed by atoms with van der Waals surface area (Å²) >= 11 is 0. The predicted molar refractivity (Wildman–Crippen MR) is 98.3 cm³/mol. The maximum Gasteiger partial charge on any atom is 0.261 e. The van der Waals surface area contributed by atoms with Crippen LogP contribution in [0.25, 0.3) is 0 Å². The van der Waals surface area contributed by atoms with Crippen LogP contribution < -0.4 is 15.2 Å². The minimum absolute atomic E-state index is 0.0141. The second-order valence-electron chi connectivity index (χ2n) is 5.57. The van der Waals surface area contributed by atoms with E-state index < -0.39 is 32.8 Å². The van der Waals surface area contributed by atoms with E-state index in [9.17, 15) is 27.0 Å². The molecule has 0 aliphatic rings. The van der Waals surface area contributed by atoms with Crippen molar-refractivity contribution in [2.24, 2.45) is 5.14 Å². The summed E-state index contributed by atoms with van der Waals surface area (Å²) in [6.07, 6.45) is -1.09. The molecule has 27 heavy (non-hydrogen) atoms. The van der Waals surface area contributed by atoms with Gasteiger partial charge in [-0.2, -0.15) is 0 Å². The Hall–Kier alpha value is -2.38. The van der Waals surface area contributed by atoms with Crippen molar-refractivity contribution < 1.29 is 32.2 Å². The maximum absolute atomic E-state index is 12.5. The molecule has 10 nitrogen and oxygen atoms in total. The molecule has 0 aliphatic carbocycles. The number of aliphatic hydroxyl groups excluding tert-OH is 2. The number of phenolic OH excluding ortho intramolecular Hbond substituents is 1. The van der Waals surface area contributed by atoms with Gasteiger partial charge in [0.2, 0.25) is 10.0 Å². The van der Waals surface area contributed by atoms with Crippen molar-refractivity contribution in [1.29, 1.82) is 0 Å². The average molecular weight is 417 g/mol. The zero-order valence-electron chi connectivity index (χ0n) is 13.9. The van der Waals surface area contributed by atoms with Crippen molar-refractivity contribution in [2.75, 3.05) is 23.2 Å². The van der Waals surface area contributed by atoms with Crippen LogP contribution in [0.3, 0.4) is 0 Å². The molecule has 0 amide bonds. The molecule has 0 aliphatic heterocycles. The molecule has 0 bridgehead atoms. The van der Waals surface area contributed by atoms with Crippen molar-refractivity contribution >= 4 is 31.4 Å². The first-order chi connectivity index (χ1) is 12.5. The van der Waals surface area contributed by atoms with Gasteiger partial charge in [0.15, 0.2) is 0 Å².